The first-order chi connectivity index (χ1) is 13.0. The van der Waals surface area contributed by atoms with E-state index in [4.69, 9.17) is 0 Å². The summed E-state index contributed by atoms with van der Waals surface area (Å²) in [6.07, 6.45) is 2.47. The molecule has 0 bridgehead atoms. The number of nitrogens with zero attached hydrogens (tertiary/aromatic N) is 5. The van der Waals surface area contributed by atoms with E-state index in [0.717, 1.165) is 39.8 Å². The Morgan fingerprint density at radius 2 is 1.89 bits per heavy atom. The fourth-order valence-corrected chi connectivity index (χ4v) is 3.25. The van der Waals surface area contributed by atoms with Gasteiger partial charge in [0.15, 0.2) is 0 Å². The lowest BCUT2D eigenvalue weighted by molar-refractivity contribution is -0.137. The molecule has 4 aromatic rings. The molecule has 134 valence electrons. The molecular weight excluding hydrogens is 355 g/mol. The summed E-state index contributed by atoms with van der Waals surface area (Å²) in [6.45, 7) is 0.373. The average molecular weight is 367 g/mol. The standard InChI is InChI=1S/C19H12F3N5/c20-19(21,22)13-2-1-3-14(9-13)26-6-7-27-17(11-26)18-16(25-27)8-12-10-23-5-4-15(12)24-18/h1-10H,11H2. The molecule has 3 aromatic heterocycles. The van der Waals surface area contributed by atoms with Crippen LogP contribution in [0.15, 0.2) is 55.0 Å². The number of alkyl halides is 3. The van der Waals surface area contributed by atoms with Crippen LogP contribution in [0, 0.1) is 0 Å². The van der Waals surface area contributed by atoms with Gasteiger partial charge in [0.25, 0.3) is 0 Å². The van der Waals surface area contributed by atoms with Gasteiger partial charge in [0.1, 0.15) is 11.0 Å². The van der Waals surface area contributed by atoms with E-state index in [9.17, 15) is 13.2 Å². The van der Waals surface area contributed by atoms with E-state index in [-0.39, 0.29) is 0 Å². The number of rotatable bonds is 1. The number of halogens is 3. The Balaban J connectivity index is 1.58. The van der Waals surface area contributed by atoms with Gasteiger partial charge in [-0.05, 0) is 30.3 Å². The van der Waals surface area contributed by atoms with Crippen molar-refractivity contribution in [1.82, 2.24) is 19.7 Å². The molecule has 0 saturated carbocycles. The number of hydrogen-bond donors (Lipinski definition) is 0. The van der Waals surface area contributed by atoms with Crippen molar-refractivity contribution >= 4 is 33.8 Å². The van der Waals surface area contributed by atoms with Gasteiger partial charge in [0.2, 0.25) is 0 Å². The van der Waals surface area contributed by atoms with Crippen LogP contribution in [0.5, 0.6) is 0 Å². The van der Waals surface area contributed by atoms with Gasteiger partial charge in [0.05, 0.1) is 23.3 Å². The van der Waals surface area contributed by atoms with Crippen molar-refractivity contribution in [2.75, 3.05) is 4.90 Å². The maximum atomic E-state index is 13.0. The van der Waals surface area contributed by atoms with Gasteiger partial charge >= 0.3 is 6.18 Å². The molecule has 0 radical (unpaired) electrons. The molecule has 0 atom stereocenters. The number of pyridine rings is 2. The number of benzene rings is 1. The average Bonchev–Trinajstić information content (AvgIpc) is 3.02. The summed E-state index contributed by atoms with van der Waals surface area (Å²) in [5.74, 6) is 0. The van der Waals surface area contributed by atoms with E-state index in [2.05, 4.69) is 15.1 Å². The quantitative estimate of drug-likeness (QED) is 0.499. The minimum absolute atomic E-state index is 0.373. The summed E-state index contributed by atoms with van der Waals surface area (Å²) in [7, 11) is 0. The largest absolute Gasteiger partial charge is 0.416 e. The van der Waals surface area contributed by atoms with Crippen LogP contribution < -0.4 is 4.90 Å². The SMILES string of the molecule is FC(F)(F)c1cccc(N2C=Cn3nc4cc5cnccc5nc4c3C2)c1. The lowest BCUT2D eigenvalue weighted by Gasteiger charge is -2.24. The molecular formula is C19H12F3N5. The molecule has 0 aliphatic carbocycles. The van der Waals surface area contributed by atoms with Crippen LogP contribution in [0.25, 0.3) is 28.1 Å². The predicted octanol–water partition coefficient (Wildman–Crippen LogP) is 4.45. The van der Waals surface area contributed by atoms with Crippen LogP contribution in [-0.2, 0) is 12.7 Å². The van der Waals surface area contributed by atoms with E-state index in [1.165, 1.54) is 6.07 Å². The van der Waals surface area contributed by atoms with E-state index < -0.39 is 11.7 Å². The van der Waals surface area contributed by atoms with Crippen molar-refractivity contribution in [2.45, 2.75) is 12.7 Å². The van der Waals surface area contributed by atoms with Crippen LogP contribution in [0.4, 0.5) is 18.9 Å². The molecule has 5 nitrogen and oxygen atoms in total. The highest BCUT2D eigenvalue weighted by Gasteiger charge is 2.31. The third kappa shape index (κ3) is 2.61. The Kier molecular flexibility index (Phi) is 3.24. The topological polar surface area (TPSA) is 46.8 Å². The third-order valence-electron chi connectivity index (χ3n) is 4.57. The van der Waals surface area contributed by atoms with Gasteiger partial charge < -0.3 is 4.90 Å². The number of fused-ring (bicyclic) bond motifs is 4. The van der Waals surface area contributed by atoms with Crippen LogP contribution in [0.3, 0.4) is 0 Å². The Morgan fingerprint density at radius 1 is 1.00 bits per heavy atom. The summed E-state index contributed by atoms with van der Waals surface area (Å²) in [6, 6.07) is 9.02. The van der Waals surface area contributed by atoms with Crippen molar-refractivity contribution in [1.29, 1.82) is 0 Å². The molecule has 0 fully saturated rings. The van der Waals surface area contributed by atoms with Crippen LogP contribution in [0.1, 0.15) is 11.3 Å². The fraction of sp³-hybridized carbons (Fsp3) is 0.105. The highest BCUT2D eigenvalue weighted by atomic mass is 19.4. The second-order valence-corrected chi connectivity index (χ2v) is 6.29. The molecule has 1 aromatic carbocycles. The second-order valence-electron chi connectivity index (χ2n) is 6.29. The van der Waals surface area contributed by atoms with Crippen molar-refractivity contribution in [3.8, 4) is 0 Å². The third-order valence-corrected chi connectivity index (χ3v) is 4.57. The minimum atomic E-state index is -4.38. The Hall–Kier alpha value is -3.42. The van der Waals surface area contributed by atoms with Crippen LogP contribution >= 0.6 is 0 Å². The lowest BCUT2D eigenvalue weighted by atomic mass is 10.1. The summed E-state index contributed by atoms with van der Waals surface area (Å²) in [5.41, 5.74) is 2.87. The van der Waals surface area contributed by atoms with Gasteiger partial charge in [-0.1, -0.05) is 6.07 Å². The summed E-state index contributed by atoms with van der Waals surface area (Å²) < 4.78 is 40.8. The van der Waals surface area contributed by atoms with E-state index in [0.29, 0.717) is 12.2 Å². The fourth-order valence-electron chi connectivity index (χ4n) is 3.25. The first kappa shape index (κ1) is 15.8. The second kappa shape index (κ2) is 5.54. The molecule has 0 amide bonds. The maximum absolute atomic E-state index is 13.0. The molecule has 8 heteroatoms. The molecule has 0 unspecified atom stereocenters. The van der Waals surface area contributed by atoms with Crippen molar-refractivity contribution in [3.63, 3.8) is 0 Å². The Labute approximate surface area is 151 Å². The summed E-state index contributed by atoms with van der Waals surface area (Å²) in [4.78, 5) is 10.5. The number of anilines is 1. The normalized spacial score (nSPS) is 14.1. The first-order valence-corrected chi connectivity index (χ1v) is 8.23. The van der Waals surface area contributed by atoms with Gasteiger partial charge in [-0.3, -0.25) is 4.98 Å². The van der Waals surface area contributed by atoms with Crippen LogP contribution in [0.2, 0.25) is 0 Å². The number of aromatic nitrogens is 4. The minimum Gasteiger partial charge on any atom is -0.340 e. The summed E-state index contributed by atoms with van der Waals surface area (Å²) in [5, 5.41) is 5.41. The van der Waals surface area contributed by atoms with Crippen molar-refractivity contribution in [2.24, 2.45) is 0 Å². The molecule has 4 heterocycles. The Morgan fingerprint density at radius 3 is 2.74 bits per heavy atom. The molecule has 27 heavy (non-hydrogen) atoms. The zero-order valence-electron chi connectivity index (χ0n) is 13.9. The highest BCUT2D eigenvalue weighted by molar-refractivity contribution is 5.92. The zero-order chi connectivity index (χ0) is 18.6. The molecule has 0 saturated heterocycles. The van der Waals surface area contributed by atoms with Crippen molar-refractivity contribution < 1.29 is 13.2 Å². The Bertz CT molecular complexity index is 1210. The zero-order valence-corrected chi connectivity index (χ0v) is 13.9. The molecule has 5 rings (SSSR count). The molecule has 0 spiro atoms. The monoisotopic (exact) mass is 367 g/mol. The predicted molar refractivity (Wildman–Crippen MR) is 95.8 cm³/mol. The maximum Gasteiger partial charge on any atom is 0.416 e. The van der Waals surface area contributed by atoms with Gasteiger partial charge in [-0.15, -0.1) is 0 Å². The highest BCUT2D eigenvalue weighted by Crippen LogP contribution is 2.33. The van der Waals surface area contributed by atoms with Crippen molar-refractivity contribution in [3.05, 3.63) is 66.2 Å². The molecule has 1 aliphatic rings. The first-order valence-electron chi connectivity index (χ1n) is 8.23. The van der Waals surface area contributed by atoms with Gasteiger partial charge in [-0.2, -0.15) is 18.3 Å². The number of hydrogen-bond acceptors (Lipinski definition) is 4. The van der Waals surface area contributed by atoms with Gasteiger partial charge in [0, 0.05) is 35.9 Å². The smallest absolute Gasteiger partial charge is 0.340 e. The lowest BCUT2D eigenvalue weighted by Crippen LogP contribution is -2.22. The van der Waals surface area contributed by atoms with E-state index in [1.54, 1.807) is 40.4 Å². The molecule has 0 N–H and O–H groups in total. The van der Waals surface area contributed by atoms with Crippen LogP contribution in [-0.4, -0.2) is 19.7 Å². The summed E-state index contributed by atoms with van der Waals surface area (Å²) >= 11 is 0. The van der Waals surface area contributed by atoms with E-state index in [1.807, 2.05) is 12.1 Å². The van der Waals surface area contributed by atoms with Gasteiger partial charge in [-0.25, -0.2) is 9.67 Å². The molecule has 1 aliphatic heterocycles. The van der Waals surface area contributed by atoms with E-state index >= 15 is 0 Å².